The Hall–Kier alpha value is -3.28. The van der Waals surface area contributed by atoms with E-state index < -0.39 is 0 Å². The molecule has 0 spiro atoms. The second kappa shape index (κ2) is 10.7. The number of nitrogens with two attached hydrogens (primary N) is 1. The van der Waals surface area contributed by atoms with E-state index in [1.54, 1.807) is 0 Å². The van der Waals surface area contributed by atoms with E-state index in [0.717, 1.165) is 78.3 Å². The smallest absolute Gasteiger partial charge is 0.0973 e. The monoisotopic (exact) mass is 411 g/mol. The lowest BCUT2D eigenvalue weighted by molar-refractivity contribution is 0.637. The number of aromatic nitrogens is 2. The van der Waals surface area contributed by atoms with Crippen LogP contribution in [0.1, 0.15) is 12.8 Å². The number of hydrogen-bond donors (Lipinski definition) is 3. The lowest BCUT2D eigenvalue weighted by atomic mass is 10.0. The molecule has 3 aromatic carbocycles. The van der Waals surface area contributed by atoms with Crippen molar-refractivity contribution in [3.05, 3.63) is 78.9 Å². The molecule has 5 heteroatoms. The SMILES string of the molecule is NCCCNCCCNc1ccc2nc(-c3ccccc3)c(-c3ccccc3)nc2c1. The minimum absolute atomic E-state index is 0.736. The second-order valence-electron chi connectivity index (χ2n) is 7.53. The molecular weight excluding hydrogens is 382 g/mol. The summed E-state index contributed by atoms with van der Waals surface area (Å²) in [5.74, 6) is 0. The van der Waals surface area contributed by atoms with Crippen LogP contribution in [-0.4, -0.2) is 36.1 Å². The topological polar surface area (TPSA) is 75.9 Å². The van der Waals surface area contributed by atoms with Crippen molar-refractivity contribution in [2.24, 2.45) is 5.73 Å². The highest BCUT2D eigenvalue weighted by atomic mass is 14.9. The summed E-state index contributed by atoms with van der Waals surface area (Å²) in [4.78, 5) is 10.0. The van der Waals surface area contributed by atoms with Gasteiger partial charge in [-0.3, -0.25) is 0 Å². The molecule has 0 aliphatic rings. The van der Waals surface area contributed by atoms with Crippen molar-refractivity contribution < 1.29 is 0 Å². The predicted molar refractivity (Wildman–Crippen MR) is 130 cm³/mol. The molecular formula is C26H29N5. The Bertz CT molecular complexity index is 1100. The quantitative estimate of drug-likeness (QED) is 0.330. The summed E-state index contributed by atoms with van der Waals surface area (Å²) in [5, 5.41) is 6.91. The Morgan fingerprint density at radius 3 is 1.90 bits per heavy atom. The Kier molecular flexibility index (Phi) is 7.21. The van der Waals surface area contributed by atoms with Gasteiger partial charge in [-0.25, -0.2) is 9.97 Å². The molecule has 0 amide bonds. The molecule has 0 aliphatic carbocycles. The average Bonchev–Trinajstić information content (AvgIpc) is 2.83. The van der Waals surface area contributed by atoms with E-state index in [-0.39, 0.29) is 0 Å². The van der Waals surface area contributed by atoms with E-state index in [2.05, 4.69) is 47.0 Å². The lowest BCUT2D eigenvalue weighted by Crippen LogP contribution is -2.21. The summed E-state index contributed by atoms with van der Waals surface area (Å²) >= 11 is 0. The van der Waals surface area contributed by atoms with Crippen molar-refractivity contribution in [2.75, 3.05) is 31.5 Å². The van der Waals surface area contributed by atoms with Crippen LogP contribution < -0.4 is 16.4 Å². The van der Waals surface area contributed by atoms with E-state index in [9.17, 15) is 0 Å². The zero-order valence-electron chi connectivity index (χ0n) is 17.7. The van der Waals surface area contributed by atoms with E-state index in [1.807, 2.05) is 42.5 Å². The normalized spacial score (nSPS) is 11.0. The minimum atomic E-state index is 0.736. The van der Waals surface area contributed by atoms with Crippen LogP contribution in [0.25, 0.3) is 33.5 Å². The van der Waals surface area contributed by atoms with Crippen molar-refractivity contribution in [3.8, 4) is 22.5 Å². The summed E-state index contributed by atoms with van der Waals surface area (Å²) in [5.41, 5.74) is 12.3. The number of anilines is 1. The first-order valence-corrected chi connectivity index (χ1v) is 10.9. The highest BCUT2D eigenvalue weighted by molar-refractivity contribution is 5.87. The third kappa shape index (κ3) is 5.45. The highest BCUT2D eigenvalue weighted by Gasteiger charge is 2.13. The first kappa shape index (κ1) is 21.0. The van der Waals surface area contributed by atoms with E-state index in [0.29, 0.717) is 0 Å². The number of fused-ring (bicyclic) bond motifs is 1. The van der Waals surface area contributed by atoms with Crippen molar-refractivity contribution in [3.63, 3.8) is 0 Å². The molecule has 1 heterocycles. The number of rotatable bonds is 10. The second-order valence-corrected chi connectivity index (χ2v) is 7.53. The van der Waals surface area contributed by atoms with Crippen LogP contribution in [0.15, 0.2) is 78.9 Å². The minimum Gasteiger partial charge on any atom is -0.385 e. The molecule has 0 radical (unpaired) electrons. The molecule has 4 rings (SSSR count). The summed E-state index contributed by atoms with van der Waals surface area (Å²) in [6, 6.07) is 26.7. The van der Waals surface area contributed by atoms with E-state index in [4.69, 9.17) is 15.7 Å². The maximum Gasteiger partial charge on any atom is 0.0973 e. The van der Waals surface area contributed by atoms with Crippen molar-refractivity contribution >= 4 is 16.7 Å². The molecule has 0 bridgehead atoms. The third-order valence-electron chi connectivity index (χ3n) is 5.18. The third-order valence-corrected chi connectivity index (χ3v) is 5.18. The fraction of sp³-hybridized carbons (Fsp3) is 0.231. The summed E-state index contributed by atoms with van der Waals surface area (Å²) in [6.07, 6.45) is 2.07. The molecule has 1 aromatic heterocycles. The zero-order valence-corrected chi connectivity index (χ0v) is 17.7. The molecule has 0 saturated heterocycles. The summed E-state index contributed by atoms with van der Waals surface area (Å²) in [7, 11) is 0. The van der Waals surface area contributed by atoms with Gasteiger partial charge in [-0.15, -0.1) is 0 Å². The highest BCUT2D eigenvalue weighted by Crippen LogP contribution is 2.31. The van der Waals surface area contributed by atoms with Crippen molar-refractivity contribution in [1.82, 2.24) is 15.3 Å². The molecule has 4 N–H and O–H groups in total. The Labute approximate surface area is 183 Å². The van der Waals surface area contributed by atoms with E-state index >= 15 is 0 Å². The molecule has 0 saturated carbocycles. The standard InChI is InChI=1S/C26H29N5/c27-15-7-16-28-17-8-18-29-22-13-14-23-24(19-22)31-26(21-11-5-2-6-12-21)25(30-23)20-9-3-1-4-10-20/h1-6,9-14,19,28-29H,7-8,15-18,27H2. The van der Waals surface area contributed by atoms with Crippen LogP contribution in [0, 0.1) is 0 Å². The first-order valence-electron chi connectivity index (χ1n) is 10.9. The fourth-order valence-corrected chi connectivity index (χ4v) is 3.56. The Morgan fingerprint density at radius 2 is 1.26 bits per heavy atom. The molecule has 5 nitrogen and oxygen atoms in total. The molecule has 158 valence electrons. The van der Waals surface area contributed by atoms with Crippen LogP contribution in [0.2, 0.25) is 0 Å². The van der Waals surface area contributed by atoms with Gasteiger partial charge in [0.25, 0.3) is 0 Å². The number of hydrogen-bond acceptors (Lipinski definition) is 5. The molecule has 31 heavy (non-hydrogen) atoms. The van der Waals surface area contributed by atoms with Crippen molar-refractivity contribution in [1.29, 1.82) is 0 Å². The Balaban J connectivity index is 1.58. The zero-order chi connectivity index (χ0) is 21.3. The van der Waals surface area contributed by atoms with Crippen LogP contribution in [0.3, 0.4) is 0 Å². The molecule has 4 aromatic rings. The maximum atomic E-state index is 5.52. The molecule has 0 unspecified atom stereocenters. The van der Waals surface area contributed by atoms with Crippen LogP contribution in [-0.2, 0) is 0 Å². The maximum absolute atomic E-state index is 5.52. The van der Waals surface area contributed by atoms with Gasteiger partial charge in [-0.05, 0) is 50.7 Å². The largest absolute Gasteiger partial charge is 0.385 e. The van der Waals surface area contributed by atoms with Gasteiger partial charge in [0.1, 0.15) is 0 Å². The van der Waals surface area contributed by atoms with Crippen molar-refractivity contribution in [2.45, 2.75) is 12.8 Å². The van der Waals surface area contributed by atoms with Gasteiger partial charge in [-0.1, -0.05) is 60.7 Å². The molecule has 0 aliphatic heterocycles. The van der Waals surface area contributed by atoms with Gasteiger partial charge in [0.15, 0.2) is 0 Å². The van der Waals surface area contributed by atoms with Crippen LogP contribution in [0.4, 0.5) is 5.69 Å². The van der Waals surface area contributed by atoms with Gasteiger partial charge in [0, 0.05) is 23.4 Å². The number of nitrogens with one attached hydrogen (secondary N) is 2. The van der Waals surface area contributed by atoms with Gasteiger partial charge in [0.2, 0.25) is 0 Å². The first-order chi connectivity index (χ1) is 15.3. The number of benzene rings is 3. The molecule has 0 fully saturated rings. The van der Waals surface area contributed by atoms with Crippen LogP contribution >= 0.6 is 0 Å². The van der Waals surface area contributed by atoms with Gasteiger partial charge in [0.05, 0.1) is 22.4 Å². The van der Waals surface area contributed by atoms with Gasteiger partial charge in [-0.2, -0.15) is 0 Å². The van der Waals surface area contributed by atoms with Gasteiger partial charge < -0.3 is 16.4 Å². The summed E-state index contributed by atoms with van der Waals surface area (Å²) in [6.45, 7) is 3.61. The Morgan fingerprint density at radius 1 is 0.645 bits per heavy atom. The molecule has 0 atom stereocenters. The lowest BCUT2D eigenvalue weighted by Gasteiger charge is -2.12. The van der Waals surface area contributed by atoms with Gasteiger partial charge >= 0.3 is 0 Å². The van der Waals surface area contributed by atoms with Crippen LogP contribution in [0.5, 0.6) is 0 Å². The predicted octanol–water partition coefficient (Wildman–Crippen LogP) is 4.70. The summed E-state index contributed by atoms with van der Waals surface area (Å²) < 4.78 is 0. The average molecular weight is 412 g/mol. The fourth-order valence-electron chi connectivity index (χ4n) is 3.56. The number of nitrogens with zero attached hydrogens (tertiary/aromatic N) is 2. The van der Waals surface area contributed by atoms with E-state index in [1.165, 1.54) is 0 Å².